The van der Waals surface area contributed by atoms with Crippen LogP contribution in [0.15, 0.2) is 53.7 Å². The second-order valence-electron chi connectivity index (χ2n) is 9.67. The highest BCUT2D eigenvalue weighted by Gasteiger charge is 2.43. The number of nitro groups is 1. The second-order valence-corrected chi connectivity index (χ2v) is 9.67. The summed E-state index contributed by atoms with van der Waals surface area (Å²) in [5.74, 6) is 1.50. The monoisotopic (exact) mass is 474 g/mol. The van der Waals surface area contributed by atoms with Gasteiger partial charge in [-0.25, -0.2) is 0 Å². The van der Waals surface area contributed by atoms with Gasteiger partial charge in [0, 0.05) is 46.9 Å². The summed E-state index contributed by atoms with van der Waals surface area (Å²) in [6.45, 7) is 4.17. The number of ether oxygens (including phenoxy) is 2. The van der Waals surface area contributed by atoms with Crippen LogP contribution in [0.25, 0.3) is 11.3 Å². The number of hydrogen-bond donors (Lipinski definition) is 2. The summed E-state index contributed by atoms with van der Waals surface area (Å²) in [4.78, 5) is 24.3. The summed E-state index contributed by atoms with van der Waals surface area (Å²) in [6.07, 6.45) is 1.16. The van der Waals surface area contributed by atoms with Crippen molar-refractivity contribution in [1.82, 2.24) is 10.2 Å². The van der Waals surface area contributed by atoms with Crippen LogP contribution in [0.5, 0.6) is 11.5 Å². The highest BCUT2D eigenvalue weighted by molar-refractivity contribution is 6.02. The van der Waals surface area contributed by atoms with Gasteiger partial charge in [0.25, 0.3) is 5.69 Å². The smallest absolute Gasteiger partial charge is 0.269 e. The van der Waals surface area contributed by atoms with E-state index < -0.39 is 10.8 Å². The molecule has 0 spiro atoms. The first-order chi connectivity index (χ1) is 16.7. The van der Waals surface area contributed by atoms with E-state index in [1.165, 1.54) is 12.1 Å². The van der Waals surface area contributed by atoms with Gasteiger partial charge in [-0.1, -0.05) is 19.9 Å². The minimum atomic E-state index is -0.431. The molecule has 9 nitrogen and oxygen atoms in total. The first kappa shape index (κ1) is 22.6. The van der Waals surface area contributed by atoms with E-state index in [9.17, 15) is 14.9 Å². The fraction of sp³-hybridized carbons (Fsp3) is 0.308. The van der Waals surface area contributed by atoms with Crippen molar-refractivity contribution in [2.24, 2.45) is 5.41 Å². The molecule has 0 unspecified atom stereocenters. The number of methoxy groups -OCH3 is 2. The summed E-state index contributed by atoms with van der Waals surface area (Å²) in [7, 11) is 3.16. The summed E-state index contributed by atoms with van der Waals surface area (Å²) >= 11 is 0. The Bertz CT molecular complexity index is 1370. The Balaban J connectivity index is 1.71. The number of Topliss-reactive ketones (excluding diaryl/α,β-unsaturated/α-hetero) is 1. The predicted octanol–water partition coefficient (Wildman–Crippen LogP) is 5.20. The van der Waals surface area contributed by atoms with Gasteiger partial charge in [-0.15, -0.1) is 0 Å². The lowest BCUT2D eigenvalue weighted by atomic mass is 9.69. The van der Waals surface area contributed by atoms with E-state index in [-0.39, 0.29) is 16.9 Å². The summed E-state index contributed by atoms with van der Waals surface area (Å²) < 4.78 is 11.0. The zero-order chi connectivity index (χ0) is 24.9. The Hall–Kier alpha value is -4.14. The Morgan fingerprint density at radius 2 is 1.77 bits per heavy atom. The van der Waals surface area contributed by atoms with E-state index in [0.29, 0.717) is 35.0 Å². The van der Waals surface area contributed by atoms with Gasteiger partial charge in [-0.3, -0.25) is 20.0 Å². The number of allylic oxidation sites excluding steroid dienone is 2. The number of non-ortho nitro benzene ring substituents is 1. The normalized spacial score (nSPS) is 18.4. The number of hydrogen-bond acceptors (Lipinski definition) is 7. The number of H-pyrrole nitrogens is 1. The first-order valence-corrected chi connectivity index (χ1v) is 11.3. The van der Waals surface area contributed by atoms with Gasteiger partial charge in [-0.2, -0.15) is 5.10 Å². The quantitative estimate of drug-likeness (QED) is 0.385. The lowest BCUT2D eigenvalue weighted by Crippen LogP contribution is -2.33. The lowest BCUT2D eigenvalue weighted by molar-refractivity contribution is -0.384. The number of fused-ring (bicyclic) bond motifs is 1. The van der Waals surface area contributed by atoms with Crippen molar-refractivity contribution < 1.29 is 19.2 Å². The van der Waals surface area contributed by atoms with Crippen LogP contribution >= 0.6 is 0 Å². The Morgan fingerprint density at radius 1 is 1.06 bits per heavy atom. The number of aromatic amines is 1. The van der Waals surface area contributed by atoms with Crippen LogP contribution in [-0.4, -0.2) is 35.1 Å². The third-order valence-corrected chi connectivity index (χ3v) is 6.68. The molecule has 1 aliphatic heterocycles. The molecule has 2 aromatic carbocycles. The molecule has 0 amide bonds. The van der Waals surface area contributed by atoms with Gasteiger partial charge in [-0.05, 0) is 41.7 Å². The van der Waals surface area contributed by atoms with E-state index in [0.717, 1.165) is 28.8 Å². The molecule has 2 N–H and O–H groups in total. The van der Waals surface area contributed by atoms with Crippen LogP contribution < -0.4 is 14.8 Å². The van der Waals surface area contributed by atoms with Gasteiger partial charge < -0.3 is 14.8 Å². The molecule has 180 valence electrons. The van der Waals surface area contributed by atoms with Crippen LogP contribution in [0.4, 0.5) is 11.5 Å². The van der Waals surface area contributed by atoms with E-state index in [2.05, 4.69) is 29.4 Å². The molecule has 2 heterocycles. The maximum atomic E-state index is 13.5. The highest BCUT2D eigenvalue weighted by Crippen LogP contribution is 2.51. The number of ketones is 1. The van der Waals surface area contributed by atoms with Crippen LogP contribution in [0.1, 0.15) is 43.7 Å². The van der Waals surface area contributed by atoms with Crippen LogP contribution in [0.3, 0.4) is 0 Å². The van der Waals surface area contributed by atoms with Gasteiger partial charge in [0.2, 0.25) is 0 Å². The third-order valence-electron chi connectivity index (χ3n) is 6.68. The average molecular weight is 475 g/mol. The number of carbonyl (C=O) groups is 1. The summed E-state index contributed by atoms with van der Waals surface area (Å²) in [6, 6.07) is 12.0. The zero-order valence-electron chi connectivity index (χ0n) is 20.0. The first-order valence-electron chi connectivity index (χ1n) is 11.3. The topological polar surface area (TPSA) is 119 Å². The number of rotatable bonds is 5. The van der Waals surface area contributed by atoms with E-state index in [4.69, 9.17) is 9.47 Å². The summed E-state index contributed by atoms with van der Waals surface area (Å²) in [5, 5.41) is 22.2. The maximum Gasteiger partial charge on any atom is 0.269 e. The predicted molar refractivity (Wildman–Crippen MR) is 131 cm³/mol. The van der Waals surface area contributed by atoms with Crippen molar-refractivity contribution >= 4 is 17.3 Å². The largest absolute Gasteiger partial charge is 0.493 e. The molecule has 3 aromatic rings. The molecule has 5 rings (SSSR count). The number of nitrogens with one attached hydrogen (secondary N) is 2. The molecule has 35 heavy (non-hydrogen) atoms. The molecule has 1 atom stereocenters. The Morgan fingerprint density at radius 3 is 2.43 bits per heavy atom. The molecule has 0 saturated heterocycles. The van der Waals surface area contributed by atoms with Crippen molar-refractivity contribution in [2.45, 2.75) is 32.6 Å². The second kappa shape index (κ2) is 8.26. The zero-order valence-corrected chi connectivity index (χ0v) is 20.0. The van der Waals surface area contributed by atoms with Crippen LogP contribution in [-0.2, 0) is 4.79 Å². The molecule has 9 heteroatoms. The minimum absolute atomic E-state index is 0.00591. The molecular formula is C26H26N4O5. The molecular weight excluding hydrogens is 448 g/mol. The SMILES string of the molecule is COc1ccc([C@H]2C3=C(CC(C)(C)CC3=O)Nc3n[nH]c(-c4ccc([N+](=O)[O-])cc4)c32)cc1OC. The maximum absolute atomic E-state index is 13.5. The molecule has 0 bridgehead atoms. The van der Waals surface area contributed by atoms with Gasteiger partial charge in [0.1, 0.15) is 0 Å². The van der Waals surface area contributed by atoms with Gasteiger partial charge in [0.15, 0.2) is 23.1 Å². The van der Waals surface area contributed by atoms with Crippen molar-refractivity contribution in [3.8, 4) is 22.8 Å². The molecule has 1 aromatic heterocycles. The van der Waals surface area contributed by atoms with E-state index >= 15 is 0 Å². The number of benzene rings is 2. The summed E-state index contributed by atoms with van der Waals surface area (Å²) in [5.41, 5.74) is 4.56. The number of aromatic nitrogens is 2. The van der Waals surface area contributed by atoms with Crippen LogP contribution in [0, 0.1) is 15.5 Å². The van der Waals surface area contributed by atoms with E-state index in [1.54, 1.807) is 26.4 Å². The molecule has 2 aliphatic rings. The Kier molecular flexibility index (Phi) is 5.35. The lowest BCUT2D eigenvalue weighted by Gasteiger charge is -2.38. The van der Waals surface area contributed by atoms with Crippen molar-refractivity contribution in [1.29, 1.82) is 0 Å². The minimum Gasteiger partial charge on any atom is -0.493 e. The van der Waals surface area contributed by atoms with Gasteiger partial charge in [0.05, 0.1) is 24.8 Å². The van der Waals surface area contributed by atoms with Crippen molar-refractivity contribution in [3.63, 3.8) is 0 Å². The van der Waals surface area contributed by atoms with Crippen LogP contribution in [0.2, 0.25) is 0 Å². The van der Waals surface area contributed by atoms with Crippen molar-refractivity contribution in [3.05, 3.63) is 75.0 Å². The van der Waals surface area contributed by atoms with Gasteiger partial charge >= 0.3 is 0 Å². The number of carbonyl (C=O) groups excluding carboxylic acids is 1. The molecule has 1 aliphatic carbocycles. The highest BCUT2D eigenvalue weighted by atomic mass is 16.6. The Labute approximate surface area is 202 Å². The molecule has 0 fully saturated rings. The molecule has 0 radical (unpaired) electrons. The fourth-order valence-corrected chi connectivity index (χ4v) is 5.13. The average Bonchev–Trinajstić information content (AvgIpc) is 3.25. The van der Waals surface area contributed by atoms with E-state index in [1.807, 2.05) is 18.2 Å². The standard InChI is InChI=1S/C26H26N4O5/c1-26(2)12-17-22(18(31)13-26)21(15-7-10-19(34-3)20(11-15)35-4)23-24(28-29-25(23)27-17)14-5-8-16(9-6-14)30(32)33/h5-11,21H,12-13H2,1-4H3,(H2,27,28,29)/t21-/m0/s1. The number of anilines is 1. The molecule has 0 saturated carbocycles. The van der Waals surface area contributed by atoms with Crippen molar-refractivity contribution in [2.75, 3.05) is 19.5 Å². The number of nitro benzene ring substituents is 1. The fourth-order valence-electron chi connectivity index (χ4n) is 5.13. The number of nitrogens with zero attached hydrogens (tertiary/aromatic N) is 2. The third kappa shape index (κ3) is 3.82.